The zero-order valence-electron chi connectivity index (χ0n) is 9.59. The summed E-state index contributed by atoms with van der Waals surface area (Å²) in [5, 5.41) is 3.28. The van der Waals surface area contributed by atoms with Gasteiger partial charge in [-0.25, -0.2) is 4.39 Å². The Morgan fingerprint density at radius 2 is 2.25 bits per heavy atom. The Morgan fingerprint density at radius 3 is 2.94 bits per heavy atom. The molecule has 4 heteroatoms. The summed E-state index contributed by atoms with van der Waals surface area (Å²) in [7, 11) is 1.69. The van der Waals surface area contributed by atoms with Gasteiger partial charge in [0.05, 0.1) is 4.47 Å². The van der Waals surface area contributed by atoms with E-state index >= 15 is 0 Å². The van der Waals surface area contributed by atoms with Gasteiger partial charge in [0.2, 0.25) is 0 Å². The van der Waals surface area contributed by atoms with Gasteiger partial charge in [-0.15, -0.1) is 0 Å². The smallest absolute Gasteiger partial charge is 0.137 e. The van der Waals surface area contributed by atoms with Crippen molar-refractivity contribution in [1.82, 2.24) is 5.32 Å². The Labute approximate surface area is 104 Å². The number of methoxy groups -OCH3 is 1. The van der Waals surface area contributed by atoms with E-state index in [0.29, 0.717) is 16.9 Å². The molecule has 90 valence electrons. The van der Waals surface area contributed by atoms with Crippen molar-refractivity contribution in [2.75, 3.05) is 20.3 Å². The summed E-state index contributed by atoms with van der Waals surface area (Å²) in [5.74, 6) is 0.238. The van der Waals surface area contributed by atoms with Crippen LogP contribution in [0.25, 0.3) is 0 Å². The van der Waals surface area contributed by atoms with Gasteiger partial charge in [-0.1, -0.05) is 19.1 Å². The van der Waals surface area contributed by atoms with Gasteiger partial charge >= 0.3 is 0 Å². The molecule has 16 heavy (non-hydrogen) atoms. The van der Waals surface area contributed by atoms with Crippen LogP contribution < -0.4 is 5.32 Å². The third kappa shape index (κ3) is 4.20. The highest BCUT2D eigenvalue weighted by molar-refractivity contribution is 9.10. The van der Waals surface area contributed by atoms with Crippen molar-refractivity contribution < 1.29 is 9.13 Å². The summed E-state index contributed by atoms with van der Waals surface area (Å²) < 4.78 is 18.8. The van der Waals surface area contributed by atoms with Crippen molar-refractivity contribution in [2.45, 2.75) is 13.5 Å². The largest absolute Gasteiger partial charge is 0.384 e. The zero-order valence-corrected chi connectivity index (χ0v) is 11.2. The van der Waals surface area contributed by atoms with Gasteiger partial charge in [0.25, 0.3) is 0 Å². The minimum absolute atomic E-state index is 0.218. The molecule has 0 radical (unpaired) electrons. The van der Waals surface area contributed by atoms with E-state index in [1.807, 2.05) is 6.07 Å². The number of nitrogens with one attached hydrogen (secondary N) is 1. The van der Waals surface area contributed by atoms with Crippen LogP contribution in [0.2, 0.25) is 0 Å². The van der Waals surface area contributed by atoms with Crippen molar-refractivity contribution in [3.8, 4) is 0 Å². The second-order valence-corrected chi connectivity index (χ2v) is 4.70. The molecule has 1 N–H and O–H groups in total. The van der Waals surface area contributed by atoms with Crippen LogP contribution in [-0.4, -0.2) is 20.3 Å². The Balaban J connectivity index is 2.40. The molecule has 2 nitrogen and oxygen atoms in total. The molecule has 1 aromatic carbocycles. The summed E-state index contributed by atoms with van der Waals surface area (Å²) in [4.78, 5) is 0. The van der Waals surface area contributed by atoms with Crippen molar-refractivity contribution in [1.29, 1.82) is 0 Å². The molecule has 0 aliphatic rings. The molecule has 0 bridgehead atoms. The molecular formula is C12H17BrFNO. The van der Waals surface area contributed by atoms with Crippen LogP contribution in [0.5, 0.6) is 0 Å². The molecule has 0 spiro atoms. The Hall–Kier alpha value is -0.450. The Bertz CT molecular complexity index is 333. The summed E-state index contributed by atoms with van der Waals surface area (Å²) in [6, 6.07) is 5.07. The first-order chi connectivity index (χ1) is 7.65. The first-order valence-electron chi connectivity index (χ1n) is 5.27. The second kappa shape index (κ2) is 6.99. The lowest BCUT2D eigenvalue weighted by atomic mass is 10.2. The summed E-state index contributed by atoms with van der Waals surface area (Å²) in [6.07, 6.45) is 0. The summed E-state index contributed by atoms with van der Waals surface area (Å²) in [5.41, 5.74) is 0.935. The Morgan fingerprint density at radius 1 is 1.50 bits per heavy atom. The van der Waals surface area contributed by atoms with Crippen LogP contribution in [0.4, 0.5) is 4.39 Å². The molecule has 0 fully saturated rings. The number of hydrogen-bond acceptors (Lipinski definition) is 2. The van der Waals surface area contributed by atoms with Crippen LogP contribution in [-0.2, 0) is 11.3 Å². The van der Waals surface area contributed by atoms with Gasteiger partial charge in [-0.05, 0) is 33.5 Å². The molecule has 0 heterocycles. The van der Waals surface area contributed by atoms with Crippen molar-refractivity contribution in [3.05, 3.63) is 34.1 Å². The first-order valence-corrected chi connectivity index (χ1v) is 6.07. The van der Waals surface area contributed by atoms with E-state index in [-0.39, 0.29) is 5.82 Å². The SMILES string of the molecule is COCC(C)CNCc1cccc(F)c1Br. The number of hydrogen-bond donors (Lipinski definition) is 1. The maximum Gasteiger partial charge on any atom is 0.137 e. The lowest BCUT2D eigenvalue weighted by Gasteiger charge is -2.12. The van der Waals surface area contributed by atoms with E-state index in [0.717, 1.165) is 18.7 Å². The van der Waals surface area contributed by atoms with E-state index < -0.39 is 0 Å². The van der Waals surface area contributed by atoms with Crippen LogP contribution in [0.15, 0.2) is 22.7 Å². The average Bonchev–Trinajstić information content (AvgIpc) is 2.25. The molecule has 1 unspecified atom stereocenters. The van der Waals surface area contributed by atoms with Gasteiger partial charge in [-0.3, -0.25) is 0 Å². The summed E-state index contributed by atoms with van der Waals surface area (Å²) >= 11 is 3.24. The van der Waals surface area contributed by atoms with E-state index in [9.17, 15) is 4.39 Å². The predicted octanol–water partition coefficient (Wildman–Crippen LogP) is 2.96. The van der Waals surface area contributed by atoms with E-state index in [4.69, 9.17) is 4.74 Å². The summed E-state index contributed by atoms with van der Waals surface area (Å²) in [6.45, 7) is 4.36. The van der Waals surface area contributed by atoms with E-state index in [1.165, 1.54) is 6.07 Å². The topological polar surface area (TPSA) is 21.3 Å². The van der Waals surface area contributed by atoms with Gasteiger partial charge in [-0.2, -0.15) is 0 Å². The maximum absolute atomic E-state index is 13.2. The zero-order chi connectivity index (χ0) is 12.0. The van der Waals surface area contributed by atoms with Crippen LogP contribution in [0.3, 0.4) is 0 Å². The molecule has 1 atom stereocenters. The third-order valence-electron chi connectivity index (χ3n) is 2.29. The molecule has 0 saturated carbocycles. The monoisotopic (exact) mass is 289 g/mol. The van der Waals surface area contributed by atoms with Gasteiger partial charge in [0, 0.05) is 26.8 Å². The lowest BCUT2D eigenvalue weighted by Crippen LogP contribution is -2.23. The molecule has 0 aliphatic heterocycles. The Kier molecular flexibility index (Phi) is 5.95. The van der Waals surface area contributed by atoms with Crippen LogP contribution in [0, 0.1) is 11.7 Å². The standard InChI is InChI=1S/C12H17BrFNO/c1-9(8-16-2)6-15-7-10-4-3-5-11(14)12(10)13/h3-5,9,15H,6-8H2,1-2H3. The molecule has 0 aliphatic carbocycles. The minimum Gasteiger partial charge on any atom is -0.384 e. The lowest BCUT2D eigenvalue weighted by molar-refractivity contribution is 0.158. The number of benzene rings is 1. The van der Waals surface area contributed by atoms with E-state index in [1.54, 1.807) is 13.2 Å². The molecular weight excluding hydrogens is 273 g/mol. The molecule has 0 saturated heterocycles. The fraction of sp³-hybridized carbons (Fsp3) is 0.500. The third-order valence-corrected chi connectivity index (χ3v) is 3.18. The fourth-order valence-electron chi connectivity index (χ4n) is 1.48. The van der Waals surface area contributed by atoms with Crippen molar-refractivity contribution in [2.24, 2.45) is 5.92 Å². The number of rotatable bonds is 6. The maximum atomic E-state index is 13.2. The van der Waals surface area contributed by atoms with Gasteiger partial charge in [0.1, 0.15) is 5.82 Å². The van der Waals surface area contributed by atoms with Gasteiger partial charge < -0.3 is 10.1 Å². The fourth-order valence-corrected chi connectivity index (χ4v) is 1.89. The molecule has 1 aromatic rings. The molecule has 0 aromatic heterocycles. The van der Waals surface area contributed by atoms with E-state index in [2.05, 4.69) is 28.2 Å². The van der Waals surface area contributed by atoms with Crippen molar-refractivity contribution in [3.63, 3.8) is 0 Å². The number of halogens is 2. The average molecular weight is 290 g/mol. The predicted molar refractivity (Wildman–Crippen MR) is 66.8 cm³/mol. The highest BCUT2D eigenvalue weighted by Crippen LogP contribution is 2.20. The molecule has 0 amide bonds. The van der Waals surface area contributed by atoms with Gasteiger partial charge in [0.15, 0.2) is 0 Å². The second-order valence-electron chi connectivity index (χ2n) is 3.90. The highest BCUT2D eigenvalue weighted by Gasteiger charge is 2.05. The highest BCUT2D eigenvalue weighted by atomic mass is 79.9. The normalized spacial score (nSPS) is 12.8. The molecule has 1 rings (SSSR count). The first kappa shape index (κ1) is 13.6. The van der Waals surface area contributed by atoms with Crippen LogP contribution in [0.1, 0.15) is 12.5 Å². The quantitative estimate of drug-likeness (QED) is 0.869. The minimum atomic E-state index is -0.218. The van der Waals surface area contributed by atoms with Crippen molar-refractivity contribution >= 4 is 15.9 Å². The van der Waals surface area contributed by atoms with Crippen LogP contribution >= 0.6 is 15.9 Å². The number of ether oxygens (including phenoxy) is 1.